The van der Waals surface area contributed by atoms with E-state index in [1.165, 1.54) is 6.92 Å². The zero-order valence-corrected chi connectivity index (χ0v) is 22.6. The molecule has 236 valence electrons. The lowest BCUT2D eigenvalue weighted by Gasteiger charge is -2.44. The molecule has 43 heavy (non-hydrogen) atoms. The van der Waals surface area contributed by atoms with Gasteiger partial charge in [0.15, 0.2) is 0 Å². The van der Waals surface area contributed by atoms with Gasteiger partial charge >= 0.3 is 30.9 Å². The summed E-state index contributed by atoms with van der Waals surface area (Å²) in [4.78, 5) is 28.1. The maximum Gasteiger partial charge on any atom is 0.573 e. The Morgan fingerprint density at radius 1 is 0.930 bits per heavy atom. The van der Waals surface area contributed by atoms with Gasteiger partial charge in [0, 0.05) is 18.7 Å². The van der Waals surface area contributed by atoms with Crippen LogP contribution in [0.3, 0.4) is 0 Å². The molecule has 4 rings (SSSR count). The summed E-state index contributed by atoms with van der Waals surface area (Å²) >= 11 is 0. The van der Waals surface area contributed by atoms with Crippen molar-refractivity contribution in [3.63, 3.8) is 0 Å². The molecule has 2 aliphatic rings. The summed E-state index contributed by atoms with van der Waals surface area (Å²) in [6, 6.07) is 1.99. The molecule has 0 N–H and O–H groups in total. The predicted molar refractivity (Wildman–Crippen MR) is 131 cm³/mol. The number of fused-ring (bicyclic) bond motifs is 1. The number of alkyl halides is 9. The Bertz CT molecular complexity index is 1320. The number of hydrogen-bond donors (Lipinski definition) is 0. The third-order valence-corrected chi connectivity index (χ3v) is 7.07. The highest BCUT2D eigenvalue weighted by Crippen LogP contribution is 2.50. The van der Waals surface area contributed by atoms with Crippen LogP contribution in [0.1, 0.15) is 54.5 Å². The normalized spacial score (nSPS) is 19.0. The highest BCUT2D eigenvalue weighted by atomic mass is 19.4. The van der Waals surface area contributed by atoms with Crippen LogP contribution < -0.4 is 9.64 Å². The van der Waals surface area contributed by atoms with Crippen molar-refractivity contribution in [1.29, 1.82) is 0 Å². The van der Waals surface area contributed by atoms with Gasteiger partial charge in [0.25, 0.3) is 0 Å². The number of rotatable bonds is 6. The molecule has 1 aliphatic heterocycles. The van der Waals surface area contributed by atoms with Gasteiger partial charge in [-0.1, -0.05) is 6.07 Å². The first kappa shape index (κ1) is 32.1. The van der Waals surface area contributed by atoms with Crippen LogP contribution in [0, 0.1) is 5.92 Å². The topological polar surface area (TPSA) is 68.3 Å². The summed E-state index contributed by atoms with van der Waals surface area (Å²) in [6.07, 6.45) is -16.2. The molecule has 2 aromatic carbocycles. The van der Waals surface area contributed by atoms with Gasteiger partial charge in [0.05, 0.1) is 36.6 Å². The molecule has 1 heterocycles. The molecule has 1 saturated carbocycles. The first-order valence-corrected chi connectivity index (χ1v) is 12.9. The third kappa shape index (κ3) is 7.39. The van der Waals surface area contributed by atoms with E-state index in [4.69, 9.17) is 9.47 Å². The lowest BCUT2D eigenvalue weighted by atomic mass is 9.87. The Morgan fingerprint density at radius 3 is 2.02 bits per heavy atom. The molecule has 2 amide bonds. The van der Waals surface area contributed by atoms with Gasteiger partial charge < -0.3 is 14.2 Å². The molecular formula is C27H25F9N2O5. The zero-order chi connectivity index (χ0) is 31.9. The largest absolute Gasteiger partial charge is 0.573 e. The van der Waals surface area contributed by atoms with E-state index >= 15 is 0 Å². The van der Waals surface area contributed by atoms with Gasteiger partial charge in [0.2, 0.25) is 0 Å². The third-order valence-electron chi connectivity index (χ3n) is 7.07. The summed E-state index contributed by atoms with van der Waals surface area (Å²) in [5.74, 6) is -0.870. The molecule has 0 unspecified atom stereocenters. The second-order valence-electron chi connectivity index (χ2n) is 10.0. The van der Waals surface area contributed by atoms with E-state index in [2.05, 4.69) is 4.74 Å². The number of amides is 2. The maximum absolute atomic E-state index is 13.5. The lowest BCUT2D eigenvalue weighted by molar-refractivity contribution is -0.274. The van der Waals surface area contributed by atoms with Crippen molar-refractivity contribution < 1.29 is 63.3 Å². The van der Waals surface area contributed by atoms with Gasteiger partial charge in [-0.15, -0.1) is 13.2 Å². The maximum atomic E-state index is 13.5. The van der Waals surface area contributed by atoms with Crippen molar-refractivity contribution in [3.8, 4) is 5.75 Å². The molecule has 2 aromatic rings. The smallest absolute Gasteiger partial charge is 0.453 e. The average molecular weight is 628 g/mol. The minimum Gasteiger partial charge on any atom is -0.453 e. The van der Waals surface area contributed by atoms with Crippen molar-refractivity contribution in [3.05, 3.63) is 58.7 Å². The SMILES string of the molecule is CCOC(=O)N1c2cc(OC(F)(F)F)ccc2[C@H](N(Cc2cc(C(F)(F)F)cc(C(F)(F)F)c2)C(=O)OC)C[C@@H]1C1CC1. The van der Waals surface area contributed by atoms with Crippen LogP contribution in [0.2, 0.25) is 0 Å². The molecule has 0 radical (unpaired) electrons. The van der Waals surface area contributed by atoms with Gasteiger partial charge in [-0.25, -0.2) is 9.59 Å². The monoisotopic (exact) mass is 628 g/mol. The molecule has 0 bridgehead atoms. The molecule has 1 fully saturated rings. The summed E-state index contributed by atoms with van der Waals surface area (Å²) in [7, 11) is 0.954. The van der Waals surface area contributed by atoms with E-state index in [-0.39, 0.29) is 36.3 Å². The number of halogens is 9. The van der Waals surface area contributed by atoms with Crippen LogP contribution in [-0.4, -0.2) is 43.2 Å². The fourth-order valence-electron chi connectivity index (χ4n) is 5.18. The van der Waals surface area contributed by atoms with E-state index in [1.807, 2.05) is 0 Å². The highest BCUT2D eigenvalue weighted by molar-refractivity contribution is 5.91. The standard InChI is InChI=1S/C27H25F9N2O5/c1-3-42-24(40)38-20(15-4-5-15)12-21(19-7-6-18(11-22(19)38)43-27(34,35)36)37(23(39)41-2)13-14-8-16(25(28,29)30)10-17(9-14)26(31,32)33/h6-11,15,20-21H,3-5,12-13H2,1-2H3/t20-,21-/m1/s1. The van der Waals surface area contributed by atoms with Gasteiger partial charge in [0.1, 0.15) is 5.75 Å². The summed E-state index contributed by atoms with van der Waals surface area (Å²) in [5.41, 5.74) is -3.76. The Hall–Kier alpha value is -3.85. The second kappa shape index (κ2) is 11.7. The minimum absolute atomic E-state index is 0.0512. The van der Waals surface area contributed by atoms with Gasteiger partial charge in [-0.3, -0.25) is 9.80 Å². The first-order chi connectivity index (χ1) is 19.9. The summed E-state index contributed by atoms with van der Waals surface area (Å²) in [6.45, 7) is 0.654. The number of benzene rings is 2. The quantitative estimate of drug-likeness (QED) is 0.303. The Morgan fingerprint density at radius 2 is 1.53 bits per heavy atom. The lowest BCUT2D eigenvalue weighted by Crippen LogP contribution is -2.49. The zero-order valence-electron chi connectivity index (χ0n) is 22.6. The van der Waals surface area contributed by atoms with Crippen LogP contribution in [0.15, 0.2) is 36.4 Å². The Labute approximate surface area is 239 Å². The molecule has 1 aliphatic carbocycles. The molecule has 2 atom stereocenters. The van der Waals surface area contributed by atoms with Crippen molar-refractivity contribution in [2.24, 2.45) is 5.92 Å². The van der Waals surface area contributed by atoms with Crippen LogP contribution >= 0.6 is 0 Å². The van der Waals surface area contributed by atoms with Crippen LogP contribution in [0.4, 0.5) is 54.8 Å². The first-order valence-electron chi connectivity index (χ1n) is 12.9. The van der Waals surface area contributed by atoms with Crippen molar-refractivity contribution in [2.75, 3.05) is 18.6 Å². The van der Waals surface area contributed by atoms with Crippen molar-refractivity contribution in [2.45, 2.75) is 63.5 Å². The number of ether oxygens (including phenoxy) is 3. The molecule has 0 saturated heterocycles. The summed E-state index contributed by atoms with van der Waals surface area (Å²) in [5, 5.41) is 0. The number of anilines is 1. The fraction of sp³-hybridized carbons (Fsp3) is 0.481. The Kier molecular flexibility index (Phi) is 8.71. The molecule has 7 nitrogen and oxygen atoms in total. The molecule has 0 spiro atoms. The number of methoxy groups -OCH3 is 1. The Balaban J connectivity index is 1.85. The molecule has 16 heteroatoms. The number of nitrogens with zero attached hydrogens (tertiary/aromatic N) is 2. The minimum atomic E-state index is -5.14. The number of carbonyl (C=O) groups is 2. The number of carbonyl (C=O) groups excluding carboxylic acids is 2. The number of hydrogen-bond acceptors (Lipinski definition) is 5. The van der Waals surface area contributed by atoms with Crippen molar-refractivity contribution >= 4 is 17.9 Å². The second-order valence-corrected chi connectivity index (χ2v) is 10.0. The van der Waals surface area contributed by atoms with E-state index < -0.39 is 72.0 Å². The predicted octanol–water partition coefficient (Wildman–Crippen LogP) is 8.08. The fourth-order valence-corrected chi connectivity index (χ4v) is 5.18. The molecule has 0 aromatic heterocycles. The highest BCUT2D eigenvalue weighted by Gasteiger charge is 2.47. The van der Waals surface area contributed by atoms with E-state index in [0.717, 1.165) is 35.1 Å². The summed E-state index contributed by atoms with van der Waals surface area (Å²) < 4.78 is 134. The van der Waals surface area contributed by atoms with Crippen molar-refractivity contribution in [1.82, 2.24) is 4.90 Å². The van der Waals surface area contributed by atoms with Gasteiger partial charge in [-0.05, 0) is 67.5 Å². The average Bonchev–Trinajstić information content (AvgIpc) is 3.74. The van der Waals surface area contributed by atoms with E-state index in [1.54, 1.807) is 0 Å². The van der Waals surface area contributed by atoms with Crippen LogP contribution in [0.5, 0.6) is 5.75 Å². The van der Waals surface area contributed by atoms with Gasteiger partial charge in [-0.2, -0.15) is 26.3 Å². The van der Waals surface area contributed by atoms with Crippen LogP contribution in [-0.2, 0) is 28.4 Å². The van der Waals surface area contributed by atoms with Crippen LogP contribution in [0.25, 0.3) is 0 Å². The van der Waals surface area contributed by atoms with E-state index in [9.17, 15) is 49.1 Å². The van der Waals surface area contributed by atoms with E-state index in [0.29, 0.717) is 25.0 Å². The molecular weight excluding hydrogens is 603 g/mol.